The van der Waals surface area contributed by atoms with E-state index in [9.17, 15) is 9.18 Å². The molecule has 3 aliphatic rings. The fourth-order valence-electron chi connectivity index (χ4n) is 5.03. The van der Waals surface area contributed by atoms with Crippen molar-refractivity contribution in [2.24, 2.45) is 5.92 Å². The summed E-state index contributed by atoms with van der Waals surface area (Å²) >= 11 is 0. The SMILES string of the molecule is COc1cccc(F)c1N1NC2C(c3ccc(N4CCN(C)CC4)cc3)NNC2C(C)C1=O. The summed E-state index contributed by atoms with van der Waals surface area (Å²) in [5.74, 6) is -0.760. The van der Waals surface area contributed by atoms with Crippen LogP contribution in [0.2, 0.25) is 0 Å². The first-order valence-electron chi connectivity index (χ1n) is 11.4. The number of hydrogen-bond donors (Lipinski definition) is 3. The number of nitrogens with one attached hydrogen (secondary N) is 3. The maximum atomic E-state index is 14.8. The average Bonchev–Trinajstić information content (AvgIpc) is 3.26. The predicted molar refractivity (Wildman–Crippen MR) is 125 cm³/mol. The van der Waals surface area contributed by atoms with E-state index in [1.807, 2.05) is 6.92 Å². The van der Waals surface area contributed by atoms with E-state index in [-0.39, 0.29) is 35.6 Å². The first kappa shape index (κ1) is 22.1. The largest absolute Gasteiger partial charge is 0.494 e. The quantitative estimate of drug-likeness (QED) is 0.649. The fraction of sp³-hybridized carbons (Fsp3) is 0.458. The van der Waals surface area contributed by atoms with Crippen LogP contribution in [0.25, 0.3) is 0 Å². The number of likely N-dealkylation sites (N-methyl/N-ethyl adjacent to an activating group) is 1. The van der Waals surface area contributed by atoms with Crippen LogP contribution in [0.3, 0.4) is 0 Å². The summed E-state index contributed by atoms with van der Waals surface area (Å²) in [7, 11) is 3.63. The Morgan fingerprint density at radius 2 is 1.73 bits per heavy atom. The van der Waals surface area contributed by atoms with Gasteiger partial charge in [-0.15, -0.1) is 0 Å². The lowest BCUT2D eigenvalue weighted by Crippen LogP contribution is -2.64. The first-order valence-corrected chi connectivity index (χ1v) is 11.4. The summed E-state index contributed by atoms with van der Waals surface area (Å²) in [4.78, 5) is 17.9. The lowest BCUT2D eigenvalue weighted by molar-refractivity contribution is -0.125. The smallest absolute Gasteiger partial charge is 0.246 e. The summed E-state index contributed by atoms with van der Waals surface area (Å²) in [6, 6.07) is 12.8. The molecule has 0 spiro atoms. The summed E-state index contributed by atoms with van der Waals surface area (Å²) in [5, 5.41) is 1.32. The normalized spacial score (nSPS) is 28.2. The van der Waals surface area contributed by atoms with Crippen molar-refractivity contribution in [3.8, 4) is 5.75 Å². The van der Waals surface area contributed by atoms with Crippen molar-refractivity contribution in [3.63, 3.8) is 0 Å². The van der Waals surface area contributed by atoms with Crippen molar-refractivity contribution in [3.05, 3.63) is 53.8 Å². The van der Waals surface area contributed by atoms with Gasteiger partial charge in [-0.25, -0.2) is 20.3 Å². The number of amides is 1. The van der Waals surface area contributed by atoms with E-state index in [1.54, 1.807) is 12.1 Å². The van der Waals surface area contributed by atoms with E-state index in [0.29, 0.717) is 5.75 Å². The number of hydrazine groups is 2. The summed E-state index contributed by atoms with van der Waals surface area (Å²) in [5.41, 5.74) is 12.3. The van der Waals surface area contributed by atoms with Gasteiger partial charge in [0.25, 0.3) is 0 Å². The van der Waals surface area contributed by atoms with E-state index >= 15 is 0 Å². The predicted octanol–water partition coefficient (Wildman–Crippen LogP) is 1.66. The Kier molecular flexibility index (Phi) is 5.96. The minimum absolute atomic E-state index is 0.0904. The van der Waals surface area contributed by atoms with Crippen LogP contribution in [-0.4, -0.2) is 63.2 Å². The van der Waals surface area contributed by atoms with Crippen LogP contribution in [0, 0.1) is 11.7 Å². The third-order valence-corrected chi connectivity index (χ3v) is 7.09. The molecule has 9 heteroatoms. The lowest BCUT2D eigenvalue weighted by Gasteiger charge is -2.40. The highest BCUT2D eigenvalue weighted by Crippen LogP contribution is 2.37. The number of nitrogens with zero attached hydrogens (tertiary/aromatic N) is 3. The molecule has 3 fully saturated rings. The fourth-order valence-corrected chi connectivity index (χ4v) is 5.03. The zero-order chi connectivity index (χ0) is 23.1. The van der Waals surface area contributed by atoms with Gasteiger partial charge in [0.15, 0.2) is 5.82 Å². The number of carbonyl (C=O) groups is 1. The van der Waals surface area contributed by atoms with Crippen molar-refractivity contribution in [1.29, 1.82) is 0 Å². The molecule has 1 amide bonds. The van der Waals surface area contributed by atoms with Gasteiger partial charge in [0.2, 0.25) is 5.91 Å². The molecule has 176 valence electrons. The molecule has 0 radical (unpaired) electrons. The Morgan fingerprint density at radius 3 is 2.42 bits per heavy atom. The number of methoxy groups -OCH3 is 1. The highest BCUT2D eigenvalue weighted by molar-refractivity contribution is 5.97. The monoisotopic (exact) mass is 454 g/mol. The zero-order valence-electron chi connectivity index (χ0n) is 19.2. The molecule has 0 aromatic heterocycles. The number of fused-ring (bicyclic) bond motifs is 1. The molecule has 2 aromatic carbocycles. The molecule has 8 nitrogen and oxygen atoms in total. The molecule has 2 aromatic rings. The van der Waals surface area contributed by atoms with Gasteiger partial charge in [0.1, 0.15) is 11.4 Å². The molecule has 4 unspecified atom stereocenters. The van der Waals surface area contributed by atoms with Crippen LogP contribution in [0.4, 0.5) is 15.8 Å². The maximum absolute atomic E-state index is 14.8. The van der Waals surface area contributed by atoms with Crippen molar-refractivity contribution in [1.82, 2.24) is 21.2 Å². The number of rotatable bonds is 4. The third-order valence-electron chi connectivity index (χ3n) is 7.09. The van der Waals surface area contributed by atoms with Crippen LogP contribution < -0.4 is 30.9 Å². The Balaban J connectivity index is 1.39. The topological polar surface area (TPSA) is 72.1 Å². The molecule has 33 heavy (non-hydrogen) atoms. The average molecular weight is 455 g/mol. The van der Waals surface area contributed by atoms with Crippen LogP contribution in [-0.2, 0) is 4.79 Å². The number of ether oxygens (including phenoxy) is 1. The zero-order valence-corrected chi connectivity index (χ0v) is 19.2. The molecule has 0 aliphatic carbocycles. The van der Waals surface area contributed by atoms with Crippen LogP contribution >= 0.6 is 0 Å². The second-order valence-electron chi connectivity index (χ2n) is 9.08. The second kappa shape index (κ2) is 8.90. The van der Waals surface area contributed by atoms with Gasteiger partial charge < -0.3 is 14.5 Å². The van der Waals surface area contributed by atoms with Gasteiger partial charge in [-0.1, -0.05) is 25.1 Å². The maximum Gasteiger partial charge on any atom is 0.246 e. The number of carbonyl (C=O) groups excluding carboxylic acids is 1. The van der Waals surface area contributed by atoms with Crippen LogP contribution in [0.5, 0.6) is 5.75 Å². The standard InChI is InChI=1S/C24H31FN6O2/c1-15-20-22(28-31(24(15)32)23-18(25)5-4-6-19(23)33-3)21(27-26-20)16-7-9-17(10-8-16)30-13-11-29(2)12-14-30/h4-10,15,20-22,26-28H,11-14H2,1-3H3. The molecule has 0 bridgehead atoms. The molecule has 3 heterocycles. The Bertz CT molecular complexity index is 1010. The Morgan fingerprint density at radius 1 is 1.00 bits per heavy atom. The van der Waals surface area contributed by atoms with Crippen molar-refractivity contribution in [2.75, 3.05) is 50.2 Å². The van der Waals surface area contributed by atoms with Gasteiger partial charge in [-0.05, 0) is 36.9 Å². The third kappa shape index (κ3) is 3.95. The van der Waals surface area contributed by atoms with Gasteiger partial charge in [0, 0.05) is 31.9 Å². The van der Waals surface area contributed by atoms with Gasteiger partial charge in [-0.2, -0.15) is 0 Å². The van der Waals surface area contributed by atoms with E-state index < -0.39 is 5.82 Å². The molecule has 5 rings (SSSR count). The number of anilines is 2. The highest BCUT2D eigenvalue weighted by atomic mass is 19.1. The number of para-hydroxylation sites is 1. The van der Waals surface area contributed by atoms with E-state index in [4.69, 9.17) is 4.74 Å². The lowest BCUT2D eigenvalue weighted by atomic mass is 9.87. The van der Waals surface area contributed by atoms with Gasteiger partial charge in [-0.3, -0.25) is 10.2 Å². The second-order valence-corrected chi connectivity index (χ2v) is 9.08. The molecule has 3 aliphatic heterocycles. The number of piperazine rings is 1. The van der Waals surface area contributed by atoms with Crippen LogP contribution in [0.15, 0.2) is 42.5 Å². The Labute approximate surface area is 193 Å². The van der Waals surface area contributed by atoms with Crippen LogP contribution in [0.1, 0.15) is 18.5 Å². The summed E-state index contributed by atoms with van der Waals surface area (Å²) < 4.78 is 20.1. The number of hydrogen-bond acceptors (Lipinski definition) is 7. The molecule has 3 saturated heterocycles. The first-order chi connectivity index (χ1) is 16.0. The van der Waals surface area contributed by atoms with Gasteiger partial charge >= 0.3 is 0 Å². The van der Waals surface area contributed by atoms with E-state index in [2.05, 4.69) is 57.4 Å². The minimum atomic E-state index is -0.507. The summed E-state index contributed by atoms with van der Waals surface area (Å²) in [6.07, 6.45) is 0. The van der Waals surface area contributed by atoms with Crippen molar-refractivity contribution in [2.45, 2.75) is 25.0 Å². The molecular formula is C24H31FN6O2. The number of benzene rings is 2. The molecule has 0 saturated carbocycles. The molecular weight excluding hydrogens is 423 g/mol. The minimum Gasteiger partial charge on any atom is -0.494 e. The van der Waals surface area contributed by atoms with E-state index in [0.717, 1.165) is 31.7 Å². The number of halogens is 1. The van der Waals surface area contributed by atoms with Crippen molar-refractivity contribution >= 4 is 17.3 Å². The van der Waals surface area contributed by atoms with Crippen molar-refractivity contribution < 1.29 is 13.9 Å². The highest BCUT2D eigenvalue weighted by Gasteiger charge is 2.49. The molecule has 3 N–H and O–H groups in total. The van der Waals surface area contributed by atoms with E-state index in [1.165, 1.54) is 23.9 Å². The molecule has 4 atom stereocenters. The van der Waals surface area contributed by atoms with Gasteiger partial charge in [0.05, 0.1) is 31.2 Å². The summed E-state index contributed by atoms with van der Waals surface area (Å²) in [6.45, 7) is 6.03. The Hall–Kier alpha value is -2.72.